The van der Waals surface area contributed by atoms with Gasteiger partial charge in [0.1, 0.15) is 24.3 Å². The van der Waals surface area contributed by atoms with Crippen molar-refractivity contribution in [1.29, 1.82) is 0 Å². The standard InChI is InChI=1S/C28H33N3O7S/c1-28(2,3)38-27(36)31-16-39-15-23(31)24(32)29-13-12-22(25(33)34)30-26(35)37-14-21-19-10-6-4-8-17(19)18-9-5-7-11-20(18)21/h4-11,21-23H,12-16H2,1-3H3,(H,29,32)(H,30,35)(H,33,34)/t22-,23-/m0/s1. The average molecular weight is 556 g/mol. The van der Waals surface area contributed by atoms with Gasteiger partial charge < -0.3 is 25.2 Å². The van der Waals surface area contributed by atoms with Crippen molar-refractivity contribution in [3.05, 3.63) is 59.7 Å². The minimum absolute atomic E-state index is 0.0111. The number of aliphatic carboxylic acids is 1. The quantitative estimate of drug-likeness (QED) is 0.448. The molecule has 3 N–H and O–H groups in total. The second-order valence-corrected chi connectivity index (χ2v) is 11.4. The van der Waals surface area contributed by atoms with Crippen molar-refractivity contribution in [1.82, 2.24) is 15.5 Å². The zero-order valence-corrected chi connectivity index (χ0v) is 23.0. The van der Waals surface area contributed by atoms with Crippen LogP contribution in [0.3, 0.4) is 0 Å². The first kappa shape index (κ1) is 28.3. The molecule has 1 saturated heterocycles. The summed E-state index contributed by atoms with van der Waals surface area (Å²) in [6.45, 7) is 5.29. The minimum Gasteiger partial charge on any atom is -0.480 e. The van der Waals surface area contributed by atoms with Gasteiger partial charge in [-0.15, -0.1) is 11.8 Å². The Hall–Kier alpha value is -3.73. The molecule has 2 atom stereocenters. The summed E-state index contributed by atoms with van der Waals surface area (Å²) >= 11 is 1.43. The van der Waals surface area contributed by atoms with Gasteiger partial charge in [-0.1, -0.05) is 48.5 Å². The zero-order valence-electron chi connectivity index (χ0n) is 22.1. The molecule has 2 aliphatic rings. The average Bonchev–Trinajstić information content (AvgIpc) is 3.49. The van der Waals surface area contributed by atoms with Crippen LogP contribution in [0.1, 0.15) is 44.2 Å². The zero-order chi connectivity index (χ0) is 28.2. The third-order valence-electron chi connectivity index (χ3n) is 6.48. The number of nitrogens with zero attached hydrogens (tertiary/aromatic N) is 1. The van der Waals surface area contributed by atoms with Crippen molar-refractivity contribution in [2.75, 3.05) is 24.8 Å². The number of fused-ring (bicyclic) bond motifs is 3. The van der Waals surface area contributed by atoms with E-state index in [2.05, 4.69) is 10.6 Å². The van der Waals surface area contributed by atoms with E-state index in [-0.39, 0.29) is 25.5 Å². The Morgan fingerprint density at radius 1 is 1.05 bits per heavy atom. The van der Waals surface area contributed by atoms with Crippen LogP contribution < -0.4 is 10.6 Å². The summed E-state index contributed by atoms with van der Waals surface area (Å²) in [6.07, 6.45) is -1.48. The van der Waals surface area contributed by atoms with Gasteiger partial charge >= 0.3 is 18.2 Å². The number of ether oxygens (including phenoxy) is 2. The van der Waals surface area contributed by atoms with E-state index in [0.29, 0.717) is 11.6 Å². The molecule has 0 spiro atoms. The normalized spacial score (nSPS) is 17.1. The molecule has 10 nitrogen and oxygen atoms in total. The Morgan fingerprint density at radius 2 is 1.67 bits per heavy atom. The summed E-state index contributed by atoms with van der Waals surface area (Å²) in [4.78, 5) is 50.8. The van der Waals surface area contributed by atoms with Gasteiger partial charge in [0.15, 0.2) is 0 Å². The summed E-state index contributed by atoms with van der Waals surface area (Å²) < 4.78 is 10.8. The predicted octanol–water partition coefficient (Wildman–Crippen LogP) is 3.79. The molecule has 208 valence electrons. The number of benzene rings is 2. The number of carbonyl (C=O) groups excluding carboxylic acids is 3. The van der Waals surface area contributed by atoms with Crippen LogP contribution in [-0.4, -0.2) is 76.5 Å². The second kappa shape index (κ2) is 12.0. The van der Waals surface area contributed by atoms with Crippen molar-refractivity contribution in [3.8, 4) is 11.1 Å². The maximum Gasteiger partial charge on any atom is 0.411 e. The molecule has 0 saturated carbocycles. The van der Waals surface area contributed by atoms with Crippen LogP contribution in [0.15, 0.2) is 48.5 Å². The summed E-state index contributed by atoms with van der Waals surface area (Å²) in [5, 5.41) is 14.7. The van der Waals surface area contributed by atoms with Crippen LogP contribution >= 0.6 is 11.8 Å². The number of carboxylic acids is 1. The van der Waals surface area contributed by atoms with E-state index in [4.69, 9.17) is 9.47 Å². The number of hydrogen-bond acceptors (Lipinski definition) is 7. The van der Waals surface area contributed by atoms with Gasteiger partial charge in [0.2, 0.25) is 5.91 Å². The highest BCUT2D eigenvalue weighted by molar-refractivity contribution is 7.99. The molecule has 0 unspecified atom stereocenters. The number of hydrogen-bond donors (Lipinski definition) is 3. The first-order chi connectivity index (χ1) is 18.5. The van der Waals surface area contributed by atoms with E-state index in [1.807, 2.05) is 48.5 Å². The summed E-state index contributed by atoms with van der Waals surface area (Å²) in [7, 11) is 0. The Morgan fingerprint density at radius 3 is 2.26 bits per heavy atom. The monoisotopic (exact) mass is 555 g/mol. The number of amides is 3. The Labute approximate surface area is 231 Å². The van der Waals surface area contributed by atoms with E-state index in [1.54, 1.807) is 20.8 Å². The first-order valence-corrected chi connectivity index (χ1v) is 13.9. The molecule has 11 heteroatoms. The van der Waals surface area contributed by atoms with Gasteiger partial charge in [-0.3, -0.25) is 9.69 Å². The van der Waals surface area contributed by atoms with Crippen LogP contribution in [0.5, 0.6) is 0 Å². The molecular formula is C28H33N3O7S. The highest BCUT2D eigenvalue weighted by Gasteiger charge is 2.37. The molecule has 1 heterocycles. The van der Waals surface area contributed by atoms with Gasteiger partial charge in [-0.05, 0) is 49.4 Å². The van der Waals surface area contributed by atoms with Gasteiger partial charge in [0.05, 0.1) is 5.88 Å². The van der Waals surface area contributed by atoms with Crippen molar-refractivity contribution in [3.63, 3.8) is 0 Å². The highest BCUT2D eigenvalue weighted by Crippen LogP contribution is 2.44. The van der Waals surface area contributed by atoms with Gasteiger partial charge in [0.25, 0.3) is 0 Å². The third-order valence-corrected chi connectivity index (χ3v) is 7.49. The summed E-state index contributed by atoms with van der Waals surface area (Å²) in [6, 6.07) is 13.9. The van der Waals surface area contributed by atoms with Crippen LogP contribution in [0.2, 0.25) is 0 Å². The molecule has 2 aromatic carbocycles. The molecule has 4 rings (SSSR count). The molecular weight excluding hydrogens is 522 g/mol. The smallest absolute Gasteiger partial charge is 0.411 e. The van der Waals surface area contributed by atoms with E-state index < -0.39 is 41.7 Å². The lowest BCUT2D eigenvalue weighted by molar-refractivity contribution is -0.139. The van der Waals surface area contributed by atoms with E-state index in [1.165, 1.54) is 16.7 Å². The Bertz CT molecular complexity index is 1200. The number of nitrogens with one attached hydrogen (secondary N) is 2. The molecule has 0 bridgehead atoms. The third kappa shape index (κ3) is 6.83. The summed E-state index contributed by atoms with van der Waals surface area (Å²) in [5.74, 6) is -1.07. The van der Waals surface area contributed by atoms with Crippen molar-refractivity contribution in [2.24, 2.45) is 0 Å². The van der Waals surface area contributed by atoms with Crippen LogP contribution in [-0.2, 0) is 19.1 Å². The number of carbonyl (C=O) groups is 4. The fourth-order valence-corrected chi connectivity index (χ4v) is 5.80. The lowest BCUT2D eigenvalue weighted by atomic mass is 9.98. The van der Waals surface area contributed by atoms with Gasteiger partial charge in [0, 0.05) is 18.2 Å². The molecule has 1 fully saturated rings. The molecule has 0 radical (unpaired) electrons. The minimum atomic E-state index is -1.26. The molecule has 1 aliphatic heterocycles. The Balaban J connectivity index is 1.27. The van der Waals surface area contributed by atoms with E-state index >= 15 is 0 Å². The predicted molar refractivity (Wildman–Crippen MR) is 146 cm³/mol. The van der Waals surface area contributed by atoms with Crippen molar-refractivity contribution in [2.45, 2.75) is 50.8 Å². The lowest BCUT2D eigenvalue weighted by Crippen LogP contribution is -2.50. The number of carboxylic acid groups (broad SMARTS) is 1. The molecule has 39 heavy (non-hydrogen) atoms. The van der Waals surface area contributed by atoms with Crippen LogP contribution in [0, 0.1) is 0 Å². The van der Waals surface area contributed by atoms with Crippen molar-refractivity contribution >= 4 is 35.8 Å². The highest BCUT2D eigenvalue weighted by atomic mass is 32.2. The molecule has 2 aromatic rings. The lowest BCUT2D eigenvalue weighted by Gasteiger charge is -2.27. The molecule has 1 aliphatic carbocycles. The fourth-order valence-electron chi connectivity index (χ4n) is 4.66. The maximum absolute atomic E-state index is 12.7. The SMILES string of the molecule is CC(C)(C)OC(=O)N1CSC[C@H]1C(=O)NCC[C@H](NC(=O)OCC1c2ccccc2-c2ccccc21)C(=O)O. The Kier molecular flexibility index (Phi) is 8.69. The van der Waals surface area contributed by atoms with Gasteiger partial charge in [-0.25, -0.2) is 14.4 Å². The molecule has 3 amide bonds. The second-order valence-electron chi connectivity index (χ2n) is 10.4. The van der Waals surface area contributed by atoms with E-state index in [0.717, 1.165) is 22.3 Å². The fraction of sp³-hybridized carbons (Fsp3) is 0.429. The molecule has 0 aromatic heterocycles. The summed E-state index contributed by atoms with van der Waals surface area (Å²) in [5.41, 5.74) is 3.59. The number of thioether (sulfide) groups is 1. The van der Waals surface area contributed by atoms with Crippen molar-refractivity contribution < 1.29 is 33.8 Å². The maximum atomic E-state index is 12.7. The largest absolute Gasteiger partial charge is 0.480 e. The number of rotatable bonds is 8. The van der Waals surface area contributed by atoms with Crippen LogP contribution in [0.4, 0.5) is 9.59 Å². The van der Waals surface area contributed by atoms with Crippen LogP contribution in [0.25, 0.3) is 11.1 Å². The van der Waals surface area contributed by atoms with Gasteiger partial charge in [-0.2, -0.15) is 0 Å². The van der Waals surface area contributed by atoms with E-state index in [9.17, 15) is 24.3 Å². The number of alkyl carbamates (subject to hydrolysis) is 1. The first-order valence-electron chi connectivity index (χ1n) is 12.7. The topological polar surface area (TPSA) is 134 Å².